The minimum Gasteiger partial charge on any atom is -0.194 e. The molecule has 6 heteroatoms. The van der Waals surface area contributed by atoms with E-state index in [1.807, 2.05) is 0 Å². The Hall–Kier alpha value is -0.840. The molecular weight excluding hydrogens is 287 g/mol. The first-order valence-electron chi connectivity index (χ1n) is 5.57. The van der Waals surface area contributed by atoms with Crippen LogP contribution < -0.4 is 0 Å². The normalized spacial score (nSPS) is 14.6. The van der Waals surface area contributed by atoms with Gasteiger partial charge in [-0.15, -0.1) is 11.6 Å². The number of aryl methyl sites for hydroxylation is 2. The Morgan fingerprint density at radius 1 is 0.895 bits per heavy atom. The summed E-state index contributed by atoms with van der Waals surface area (Å²) in [5, 5.41) is -2.42. The molecule has 0 radical (unpaired) electrons. The maximum atomic E-state index is 13.4. The summed E-state index contributed by atoms with van der Waals surface area (Å²) in [5.74, 6) is -4.97. The van der Waals surface area contributed by atoms with E-state index in [2.05, 4.69) is 0 Å². The third kappa shape index (κ3) is 2.71. The summed E-state index contributed by atoms with van der Waals surface area (Å²) in [6.07, 6.45) is -5.67. The van der Waals surface area contributed by atoms with Crippen LogP contribution in [0.2, 0.25) is 0 Å². The van der Waals surface area contributed by atoms with Crippen molar-refractivity contribution in [2.75, 3.05) is 0 Å². The van der Waals surface area contributed by atoms with Gasteiger partial charge in [-0.3, -0.25) is 0 Å². The Balaban J connectivity index is 3.47. The van der Waals surface area contributed by atoms with Gasteiger partial charge in [-0.05, 0) is 55.5 Å². The van der Waals surface area contributed by atoms with Crippen molar-refractivity contribution in [2.45, 2.75) is 45.2 Å². The third-order valence-electron chi connectivity index (χ3n) is 3.37. The van der Waals surface area contributed by atoms with Crippen LogP contribution in [0.5, 0.6) is 0 Å². The third-order valence-corrected chi connectivity index (χ3v) is 3.87. The Bertz CT molecular complexity index is 465. The average molecular weight is 301 g/mol. The zero-order chi connectivity index (χ0) is 15.2. The minimum absolute atomic E-state index is 0.138. The van der Waals surface area contributed by atoms with E-state index in [1.54, 1.807) is 19.9 Å². The van der Waals surface area contributed by atoms with Gasteiger partial charge in [-0.2, -0.15) is 22.0 Å². The van der Waals surface area contributed by atoms with Crippen LogP contribution in [0.15, 0.2) is 6.07 Å². The number of benzene rings is 1. The molecule has 0 saturated carbocycles. The largest absolute Gasteiger partial charge is 0.455 e. The molecule has 0 heterocycles. The molecule has 1 aromatic carbocycles. The quantitative estimate of drug-likeness (QED) is 0.507. The highest BCUT2D eigenvalue weighted by Gasteiger charge is 2.62. The van der Waals surface area contributed by atoms with Crippen LogP contribution in [-0.2, 0) is 0 Å². The zero-order valence-electron chi connectivity index (χ0n) is 10.9. The molecule has 0 spiro atoms. The van der Waals surface area contributed by atoms with Gasteiger partial charge < -0.3 is 0 Å². The van der Waals surface area contributed by atoms with Crippen molar-refractivity contribution in [3.8, 4) is 0 Å². The molecule has 0 aliphatic rings. The number of rotatable bonds is 2. The van der Waals surface area contributed by atoms with Gasteiger partial charge in [0.1, 0.15) is 5.38 Å². The molecule has 0 N–H and O–H groups in total. The summed E-state index contributed by atoms with van der Waals surface area (Å²) in [6.45, 7) is 6.30. The zero-order valence-corrected chi connectivity index (χ0v) is 11.7. The molecular formula is C13H14ClF5. The van der Waals surface area contributed by atoms with E-state index in [-0.39, 0.29) is 5.56 Å². The molecule has 108 valence electrons. The Morgan fingerprint density at radius 2 is 1.26 bits per heavy atom. The summed E-state index contributed by atoms with van der Waals surface area (Å²) in [5.41, 5.74) is 1.88. The Morgan fingerprint density at radius 3 is 1.58 bits per heavy atom. The van der Waals surface area contributed by atoms with Crippen LogP contribution in [0.3, 0.4) is 0 Å². The van der Waals surface area contributed by atoms with E-state index < -0.39 is 17.5 Å². The van der Waals surface area contributed by atoms with Gasteiger partial charge in [0.05, 0.1) is 0 Å². The van der Waals surface area contributed by atoms with E-state index >= 15 is 0 Å². The lowest BCUT2D eigenvalue weighted by molar-refractivity contribution is -0.283. The van der Waals surface area contributed by atoms with Crippen LogP contribution >= 0.6 is 11.6 Å². The van der Waals surface area contributed by atoms with Gasteiger partial charge in [0.2, 0.25) is 0 Å². The Labute approximate surface area is 113 Å². The highest BCUT2D eigenvalue weighted by atomic mass is 35.5. The second-order valence-corrected chi connectivity index (χ2v) is 5.09. The fourth-order valence-electron chi connectivity index (χ4n) is 1.95. The molecule has 0 fully saturated rings. The van der Waals surface area contributed by atoms with Crippen molar-refractivity contribution in [2.24, 2.45) is 0 Å². The minimum atomic E-state index is -5.67. The fraction of sp³-hybridized carbons (Fsp3) is 0.538. The maximum absolute atomic E-state index is 13.4. The topological polar surface area (TPSA) is 0 Å². The molecule has 19 heavy (non-hydrogen) atoms. The molecule has 0 aliphatic carbocycles. The van der Waals surface area contributed by atoms with E-state index in [1.165, 1.54) is 13.8 Å². The van der Waals surface area contributed by atoms with E-state index in [9.17, 15) is 22.0 Å². The number of alkyl halides is 6. The van der Waals surface area contributed by atoms with Crippen molar-refractivity contribution < 1.29 is 22.0 Å². The number of hydrogen-bond donors (Lipinski definition) is 0. The van der Waals surface area contributed by atoms with E-state index in [0.29, 0.717) is 22.3 Å². The van der Waals surface area contributed by atoms with Crippen molar-refractivity contribution >= 4 is 11.6 Å². The van der Waals surface area contributed by atoms with Crippen LogP contribution in [0.1, 0.15) is 33.2 Å². The first-order valence-corrected chi connectivity index (χ1v) is 6.00. The summed E-state index contributed by atoms with van der Waals surface area (Å²) in [7, 11) is 0. The maximum Gasteiger partial charge on any atom is 0.455 e. The molecule has 0 nitrogen and oxygen atoms in total. The summed E-state index contributed by atoms with van der Waals surface area (Å²) in [6, 6.07) is 1.74. The molecule has 0 aromatic heterocycles. The van der Waals surface area contributed by atoms with Crippen LogP contribution in [0, 0.1) is 27.7 Å². The van der Waals surface area contributed by atoms with Crippen LogP contribution in [-0.4, -0.2) is 12.1 Å². The number of hydrogen-bond acceptors (Lipinski definition) is 0. The molecule has 1 atom stereocenters. The molecule has 1 aromatic rings. The van der Waals surface area contributed by atoms with Gasteiger partial charge in [0, 0.05) is 0 Å². The molecule has 0 amide bonds. The summed E-state index contributed by atoms with van der Waals surface area (Å²) < 4.78 is 64.0. The Kier molecular flexibility index (Phi) is 4.20. The number of halogens is 6. The standard InChI is InChI=1S/C13H14ClF5/c1-6-5-7(2)9(4)10(8(6)3)11(14)12(15,16)13(17,18)19/h5,11H,1-4H3. The lowest BCUT2D eigenvalue weighted by atomic mass is 9.90. The fourth-order valence-corrected chi connectivity index (χ4v) is 2.40. The van der Waals surface area contributed by atoms with Crippen molar-refractivity contribution in [3.05, 3.63) is 33.9 Å². The predicted molar refractivity (Wildman–Crippen MR) is 65.0 cm³/mol. The first kappa shape index (κ1) is 16.2. The SMILES string of the molecule is Cc1cc(C)c(C)c(C(Cl)C(F)(F)C(F)(F)F)c1C. The molecule has 0 saturated heterocycles. The van der Waals surface area contributed by atoms with Crippen LogP contribution in [0.4, 0.5) is 22.0 Å². The second kappa shape index (κ2) is 4.93. The predicted octanol–water partition coefficient (Wildman–Crippen LogP) is 5.40. The average Bonchev–Trinajstić information content (AvgIpc) is 2.25. The van der Waals surface area contributed by atoms with Gasteiger partial charge in [-0.25, -0.2) is 0 Å². The monoisotopic (exact) mass is 300 g/mol. The lowest BCUT2D eigenvalue weighted by Crippen LogP contribution is -2.40. The van der Waals surface area contributed by atoms with Crippen molar-refractivity contribution in [1.82, 2.24) is 0 Å². The van der Waals surface area contributed by atoms with Gasteiger partial charge >= 0.3 is 12.1 Å². The van der Waals surface area contributed by atoms with Gasteiger partial charge in [-0.1, -0.05) is 6.07 Å². The van der Waals surface area contributed by atoms with Gasteiger partial charge in [0.15, 0.2) is 0 Å². The molecule has 0 aliphatic heterocycles. The first-order chi connectivity index (χ1) is 8.41. The molecule has 0 bridgehead atoms. The van der Waals surface area contributed by atoms with Crippen LogP contribution in [0.25, 0.3) is 0 Å². The highest BCUT2D eigenvalue weighted by molar-refractivity contribution is 6.21. The lowest BCUT2D eigenvalue weighted by Gasteiger charge is -2.28. The highest BCUT2D eigenvalue weighted by Crippen LogP contribution is 2.49. The van der Waals surface area contributed by atoms with Gasteiger partial charge in [0.25, 0.3) is 0 Å². The summed E-state index contributed by atoms with van der Waals surface area (Å²) in [4.78, 5) is 0. The summed E-state index contributed by atoms with van der Waals surface area (Å²) >= 11 is 5.47. The van der Waals surface area contributed by atoms with Crippen molar-refractivity contribution in [3.63, 3.8) is 0 Å². The molecule has 1 rings (SSSR count). The van der Waals surface area contributed by atoms with Crippen molar-refractivity contribution in [1.29, 1.82) is 0 Å². The van der Waals surface area contributed by atoms with E-state index in [0.717, 1.165) is 0 Å². The molecule has 1 unspecified atom stereocenters. The van der Waals surface area contributed by atoms with E-state index in [4.69, 9.17) is 11.6 Å². The smallest absolute Gasteiger partial charge is 0.194 e. The second-order valence-electron chi connectivity index (χ2n) is 4.66.